The number of thioether (sulfide) groups is 1. The average molecular weight is 377 g/mol. The van der Waals surface area contributed by atoms with Crippen molar-refractivity contribution in [2.75, 3.05) is 13.1 Å². The second-order valence-electron chi connectivity index (χ2n) is 5.43. The molecule has 2 aromatic carbocycles. The van der Waals surface area contributed by atoms with E-state index in [2.05, 4.69) is 4.99 Å². The van der Waals surface area contributed by atoms with E-state index in [0.29, 0.717) is 23.0 Å². The highest BCUT2D eigenvalue weighted by Gasteiger charge is 2.29. The van der Waals surface area contributed by atoms with Crippen molar-refractivity contribution in [2.45, 2.75) is 5.75 Å². The van der Waals surface area contributed by atoms with Crippen LogP contribution in [0.2, 0.25) is 0 Å². The first kappa shape index (κ1) is 18.0. The second-order valence-corrected chi connectivity index (χ2v) is 6.38. The third-order valence-corrected chi connectivity index (χ3v) is 4.80. The monoisotopic (exact) mass is 377 g/mol. The number of amides is 1. The maximum Gasteiger partial charge on any atom is 0.269 e. The quantitative estimate of drug-likeness (QED) is 0.602. The molecule has 3 rings (SSSR count). The molecule has 0 aromatic heterocycles. The van der Waals surface area contributed by atoms with E-state index in [1.54, 1.807) is 12.1 Å². The zero-order valence-corrected chi connectivity index (χ0v) is 14.2. The number of halogens is 2. The summed E-state index contributed by atoms with van der Waals surface area (Å²) in [5.74, 6) is -2.30. The Balaban J connectivity index is 1.74. The lowest BCUT2D eigenvalue weighted by atomic mass is 10.1. The Hall–Kier alpha value is -2.81. The van der Waals surface area contributed by atoms with Crippen LogP contribution in [0.1, 0.15) is 15.9 Å². The molecule has 0 saturated carbocycles. The number of carbonyl (C=O) groups excluding carboxylic acids is 1. The molecule has 0 atom stereocenters. The van der Waals surface area contributed by atoms with E-state index in [4.69, 9.17) is 0 Å². The molecule has 1 heterocycles. The van der Waals surface area contributed by atoms with Crippen LogP contribution in [0.15, 0.2) is 47.5 Å². The van der Waals surface area contributed by atoms with E-state index in [9.17, 15) is 23.7 Å². The zero-order valence-electron chi connectivity index (χ0n) is 13.4. The number of carbonyl (C=O) groups is 1. The Bertz CT molecular complexity index is 884. The molecule has 0 radical (unpaired) electrons. The third-order valence-electron chi connectivity index (χ3n) is 3.71. The smallest absolute Gasteiger partial charge is 0.269 e. The van der Waals surface area contributed by atoms with Crippen molar-refractivity contribution >= 4 is 28.5 Å². The van der Waals surface area contributed by atoms with Crippen LogP contribution in [0, 0.1) is 21.7 Å². The molecule has 0 unspecified atom stereocenters. The number of nitro groups is 1. The molecular weight excluding hydrogens is 364 g/mol. The normalized spacial score (nSPS) is 13.6. The Labute approximate surface area is 151 Å². The van der Waals surface area contributed by atoms with E-state index in [0.717, 1.165) is 12.1 Å². The summed E-state index contributed by atoms with van der Waals surface area (Å²) in [6.07, 6.45) is 0. The summed E-state index contributed by atoms with van der Waals surface area (Å²) >= 11 is 1.19. The molecule has 9 heteroatoms. The van der Waals surface area contributed by atoms with Crippen LogP contribution in [0.25, 0.3) is 0 Å². The average Bonchev–Trinajstić information content (AvgIpc) is 3.08. The molecular formula is C17H13F2N3O3S. The predicted molar refractivity (Wildman–Crippen MR) is 94.1 cm³/mol. The van der Waals surface area contributed by atoms with Gasteiger partial charge in [0.15, 0.2) is 5.17 Å². The minimum Gasteiger partial charge on any atom is -0.285 e. The summed E-state index contributed by atoms with van der Waals surface area (Å²) in [5.41, 5.74) is 0.0409. The minimum absolute atomic E-state index is 0.0298. The second kappa shape index (κ2) is 7.61. The third kappa shape index (κ3) is 3.72. The van der Waals surface area contributed by atoms with Crippen LogP contribution in [0.3, 0.4) is 0 Å². The molecule has 6 nitrogen and oxygen atoms in total. The van der Waals surface area contributed by atoms with Gasteiger partial charge < -0.3 is 0 Å². The van der Waals surface area contributed by atoms with Crippen LogP contribution in [0.4, 0.5) is 14.5 Å². The van der Waals surface area contributed by atoms with Gasteiger partial charge in [0.05, 0.1) is 11.5 Å². The highest BCUT2D eigenvalue weighted by molar-refractivity contribution is 8.13. The van der Waals surface area contributed by atoms with Crippen molar-refractivity contribution in [3.05, 3.63) is 75.3 Å². The van der Waals surface area contributed by atoms with Gasteiger partial charge in [-0.25, -0.2) is 8.78 Å². The summed E-state index contributed by atoms with van der Waals surface area (Å²) < 4.78 is 27.7. The fourth-order valence-electron chi connectivity index (χ4n) is 2.48. The number of nitrogens with zero attached hydrogens (tertiary/aromatic N) is 3. The summed E-state index contributed by atoms with van der Waals surface area (Å²) in [7, 11) is 0. The molecule has 1 amide bonds. The highest BCUT2D eigenvalue weighted by Crippen LogP contribution is 2.24. The Morgan fingerprint density at radius 3 is 2.62 bits per heavy atom. The van der Waals surface area contributed by atoms with E-state index >= 15 is 0 Å². The molecule has 0 bridgehead atoms. The van der Waals surface area contributed by atoms with Crippen LogP contribution in [-0.2, 0) is 5.75 Å². The van der Waals surface area contributed by atoms with E-state index in [1.807, 2.05) is 0 Å². The number of benzene rings is 2. The number of hydrogen-bond donors (Lipinski definition) is 0. The standard InChI is InChI=1S/C17H13F2N3O3S/c18-13-5-2-6-14(19)15(13)16(23)21-8-7-20-17(21)26-10-11-3-1-4-12(9-11)22(24)25/h1-6,9H,7-8,10H2. The van der Waals surface area contributed by atoms with E-state index in [-0.39, 0.29) is 12.2 Å². The molecule has 0 fully saturated rings. The maximum absolute atomic E-state index is 13.9. The Morgan fingerprint density at radius 2 is 1.92 bits per heavy atom. The number of amidine groups is 1. The van der Waals surface area contributed by atoms with Gasteiger partial charge in [-0.2, -0.15) is 0 Å². The maximum atomic E-state index is 13.9. The molecule has 1 aliphatic rings. The fraction of sp³-hybridized carbons (Fsp3) is 0.176. The van der Waals surface area contributed by atoms with Crippen LogP contribution in [-0.4, -0.2) is 34.0 Å². The van der Waals surface area contributed by atoms with Crippen LogP contribution < -0.4 is 0 Å². The molecule has 134 valence electrons. The van der Waals surface area contributed by atoms with Crippen molar-refractivity contribution in [3.8, 4) is 0 Å². The lowest BCUT2D eigenvalue weighted by molar-refractivity contribution is -0.384. The van der Waals surface area contributed by atoms with Gasteiger partial charge in [0.1, 0.15) is 17.2 Å². The zero-order chi connectivity index (χ0) is 18.7. The number of non-ortho nitro benzene ring substituents is 1. The van der Waals surface area contributed by atoms with Crippen molar-refractivity contribution in [1.82, 2.24) is 4.90 Å². The van der Waals surface area contributed by atoms with Gasteiger partial charge in [-0.15, -0.1) is 0 Å². The summed E-state index contributed by atoms with van der Waals surface area (Å²) in [6.45, 7) is 0.558. The van der Waals surface area contributed by atoms with E-state index in [1.165, 1.54) is 34.9 Å². The van der Waals surface area contributed by atoms with Gasteiger partial charge in [-0.3, -0.25) is 24.8 Å². The predicted octanol–water partition coefficient (Wildman–Crippen LogP) is 3.62. The van der Waals surface area contributed by atoms with Gasteiger partial charge in [-0.1, -0.05) is 30.0 Å². The molecule has 1 aliphatic heterocycles. The summed E-state index contributed by atoms with van der Waals surface area (Å²) in [6, 6.07) is 9.36. The van der Waals surface area contributed by atoms with Crippen LogP contribution in [0.5, 0.6) is 0 Å². The Morgan fingerprint density at radius 1 is 1.23 bits per heavy atom. The lowest BCUT2D eigenvalue weighted by Crippen LogP contribution is -2.34. The van der Waals surface area contributed by atoms with Gasteiger partial charge in [0.25, 0.3) is 11.6 Å². The molecule has 0 saturated heterocycles. The van der Waals surface area contributed by atoms with E-state index < -0.39 is 28.0 Å². The van der Waals surface area contributed by atoms with Crippen molar-refractivity contribution in [3.63, 3.8) is 0 Å². The largest absolute Gasteiger partial charge is 0.285 e. The van der Waals surface area contributed by atoms with Crippen molar-refractivity contribution in [1.29, 1.82) is 0 Å². The first-order chi connectivity index (χ1) is 12.5. The fourth-order valence-corrected chi connectivity index (χ4v) is 3.47. The molecule has 0 aliphatic carbocycles. The minimum atomic E-state index is -0.926. The molecule has 2 aromatic rings. The Kier molecular flexibility index (Phi) is 5.27. The number of rotatable bonds is 4. The number of hydrogen-bond acceptors (Lipinski definition) is 5. The summed E-state index contributed by atoms with van der Waals surface area (Å²) in [4.78, 5) is 28.3. The molecule has 26 heavy (non-hydrogen) atoms. The van der Waals surface area contributed by atoms with Gasteiger partial charge in [-0.05, 0) is 17.7 Å². The number of nitro benzene ring substituents is 1. The topological polar surface area (TPSA) is 75.8 Å². The van der Waals surface area contributed by atoms with Crippen LogP contribution >= 0.6 is 11.8 Å². The van der Waals surface area contributed by atoms with Gasteiger partial charge >= 0.3 is 0 Å². The van der Waals surface area contributed by atoms with Crippen molar-refractivity contribution < 1.29 is 18.5 Å². The number of aliphatic imine (C=N–C) groups is 1. The SMILES string of the molecule is O=C(c1c(F)cccc1F)N1CCN=C1SCc1cccc([N+](=O)[O-])c1. The first-order valence-electron chi connectivity index (χ1n) is 7.64. The lowest BCUT2D eigenvalue weighted by Gasteiger charge is -2.18. The van der Waals surface area contributed by atoms with Gasteiger partial charge in [0.2, 0.25) is 0 Å². The molecule has 0 spiro atoms. The molecule has 0 N–H and O–H groups in total. The highest BCUT2D eigenvalue weighted by atomic mass is 32.2. The van der Waals surface area contributed by atoms with Gasteiger partial charge in [0, 0.05) is 24.4 Å². The summed E-state index contributed by atoms with van der Waals surface area (Å²) in [5, 5.41) is 11.2. The van der Waals surface area contributed by atoms with Crippen molar-refractivity contribution in [2.24, 2.45) is 4.99 Å². The first-order valence-corrected chi connectivity index (χ1v) is 8.62.